The van der Waals surface area contributed by atoms with Crippen molar-refractivity contribution in [2.45, 2.75) is 39.7 Å². The van der Waals surface area contributed by atoms with E-state index in [-0.39, 0.29) is 17.6 Å². The van der Waals surface area contributed by atoms with Gasteiger partial charge in [-0.15, -0.1) is 0 Å². The fourth-order valence-corrected chi connectivity index (χ4v) is 3.63. The van der Waals surface area contributed by atoms with Gasteiger partial charge in [-0.25, -0.2) is 4.39 Å². The molecule has 0 bridgehead atoms. The molecular weight excluding hydrogens is 349 g/mol. The van der Waals surface area contributed by atoms with E-state index in [1.54, 1.807) is 11.0 Å². The molecule has 0 radical (unpaired) electrons. The van der Waals surface area contributed by atoms with E-state index in [0.717, 1.165) is 11.9 Å². The highest BCUT2D eigenvalue weighted by molar-refractivity contribution is 6.14. The van der Waals surface area contributed by atoms with Gasteiger partial charge in [-0.1, -0.05) is 0 Å². The van der Waals surface area contributed by atoms with Gasteiger partial charge in [-0.3, -0.25) is 9.59 Å². The maximum atomic E-state index is 13.9. The van der Waals surface area contributed by atoms with Crippen molar-refractivity contribution in [2.24, 2.45) is 0 Å². The average molecular weight is 375 g/mol. The second kappa shape index (κ2) is 8.52. The number of benzene rings is 1. The van der Waals surface area contributed by atoms with Crippen LogP contribution in [0.1, 0.15) is 43.6 Å². The topological polar surface area (TPSA) is 63.6 Å². The van der Waals surface area contributed by atoms with Gasteiger partial charge in [-0.05, 0) is 44.9 Å². The van der Waals surface area contributed by atoms with Crippen LogP contribution in [0.15, 0.2) is 18.2 Å². The number of aryl methyl sites for hydroxylation is 1. The van der Waals surface area contributed by atoms with Crippen molar-refractivity contribution >= 4 is 28.4 Å². The third kappa shape index (κ3) is 3.83. The molecular formula is C20H26FN3O3. The molecule has 1 aromatic heterocycles. The number of hydrogen-bond acceptors (Lipinski definition) is 3. The van der Waals surface area contributed by atoms with E-state index in [9.17, 15) is 14.0 Å². The Labute approximate surface area is 158 Å². The van der Waals surface area contributed by atoms with Gasteiger partial charge in [0, 0.05) is 44.7 Å². The van der Waals surface area contributed by atoms with Crippen molar-refractivity contribution in [3.05, 3.63) is 29.7 Å². The summed E-state index contributed by atoms with van der Waals surface area (Å²) in [6.07, 6.45) is 1.89. The molecule has 0 spiro atoms. The molecule has 1 aliphatic rings. The normalized spacial score (nSPS) is 14.3. The zero-order valence-electron chi connectivity index (χ0n) is 15.9. The number of fused-ring (bicyclic) bond motifs is 1. The van der Waals surface area contributed by atoms with Crippen LogP contribution in [-0.4, -0.2) is 42.7 Å². The number of carbonyl (C=O) groups is 2. The first-order valence-corrected chi connectivity index (χ1v) is 9.56. The van der Waals surface area contributed by atoms with Gasteiger partial charge >= 0.3 is 0 Å². The Morgan fingerprint density at radius 1 is 1.33 bits per heavy atom. The molecule has 0 aliphatic carbocycles. The first-order valence-electron chi connectivity index (χ1n) is 9.56. The Balaban J connectivity index is 2.01. The number of rotatable bonds is 8. The van der Waals surface area contributed by atoms with Crippen molar-refractivity contribution in [1.29, 1.82) is 0 Å². The number of ether oxygens (including phenoxy) is 1. The molecule has 1 aromatic carbocycles. The van der Waals surface area contributed by atoms with Crippen LogP contribution in [0.5, 0.6) is 0 Å². The first-order chi connectivity index (χ1) is 13.1. The standard InChI is InChI=1S/C20H26FN3O3/c1-3-23-16-9-8-14(21)13-15(16)18(24-11-5-7-17(24)25)19(23)20(26)22-10-6-12-27-4-2/h8-9,13H,3-7,10-12H2,1-2H3,(H,22,26). The van der Waals surface area contributed by atoms with Crippen molar-refractivity contribution in [3.63, 3.8) is 0 Å². The van der Waals surface area contributed by atoms with Crippen LogP contribution in [0.3, 0.4) is 0 Å². The van der Waals surface area contributed by atoms with Crippen LogP contribution in [-0.2, 0) is 16.1 Å². The lowest BCUT2D eigenvalue weighted by molar-refractivity contribution is -0.117. The first kappa shape index (κ1) is 19.4. The summed E-state index contributed by atoms with van der Waals surface area (Å²) in [4.78, 5) is 27.0. The summed E-state index contributed by atoms with van der Waals surface area (Å²) < 4.78 is 21.1. The van der Waals surface area contributed by atoms with E-state index in [2.05, 4.69) is 5.32 Å². The van der Waals surface area contributed by atoms with Crippen LogP contribution in [0.2, 0.25) is 0 Å². The number of halogens is 1. The smallest absolute Gasteiger partial charge is 0.270 e. The predicted octanol–water partition coefficient (Wildman–Crippen LogP) is 3.08. The lowest BCUT2D eigenvalue weighted by Crippen LogP contribution is -2.31. The minimum Gasteiger partial charge on any atom is -0.382 e. The minimum absolute atomic E-state index is 0.0280. The second-order valence-corrected chi connectivity index (χ2v) is 6.56. The lowest BCUT2D eigenvalue weighted by Gasteiger charge is -2.18. The third-order valence-corrected chi connectivity index (χ3v) is 4.83. The zero-order valence-corrected chi connectivity index (χ0v) is 15.9. The third-order valence-electron chi connectivity index (χ3n) is 4.83. The number of nitrogens with one attached hydrogen (secondary N) is 1. The molecule has 0 saturated carbocycles. The summed E-state index contributed by atoms with van der Waals surface area (Å²) in [5.41, 5.74) is 1.70. The molecule has 0 unspecified atom stereocenters. The fourth-order valence-electron chi connectivity index (χ4n) is 3.63. The second-order valence-electron chi connectivity index (χ2n) is 6.56. The van der Waals surface area contributed by atoms with Gasteiger partial charge in [0.2, 0.25) is 5.91 Å². The Kier molecular flexibility index (Phi) is 6.11. The van der Waals surface area contributed by atoms with Crippen LogP contribution >= 0.6 is 0 Å². The van der Waals surface area contributed by atoms with E-state index in [4.69, 9.17) is 4.74 Å². The molecule has 1 aliphatic heterocycles. The van der Waals surface area contributed by atoms with E-state index < -0.39 is 0 Å². The summed E-state index contributed by atoms with van der Waals surface area (Å²) >= 11 is 0. The maximum absolute atomic E-state index is 13.9. The van der Waals surface area contributed by atoms with Crippen molar-refractivity contribution in [2.75, 3.05) is 31.2 Å². The van der Waals surface area contributed by atoms with Crippen LogP contribution in [0.4, 0.5) is 10.1 Å². The Bertz CT molecular complexity index is 847. The molecule has 2 amide bonds. The van der Waals surface area contributed by atoms with Crippen molar-refractivity contribution in [1.82, 2.24) is 9.88 Å². The Morgan fingerprint density at radius 2 is 2.15 bits per heavy atom. The molecule has 6 nitrogen and oxygen atoms in total. The molecule has 1 N–H and O–H groups in total. The molecule has 7 heteroatoms. The Hall–Kier alpha value is -2.41. The number of carbonyl (C=O) groups excluding carboxylic acids is 2. The number of amides is 2. The lowest BCUT2D eigenvalue weighted by atomic mass is 10.2. The molecule has 27 heavy (non-hydrogen) atoms. The monoisotopic (exact) mass is 375 g/mol. The molecule has 3 rings (SSSR count). The van der Waals surface area contributed by atoms with Gasteiger partial charge < -0.3 is 19.5 Å². The maximum Gasteiger partial charge on any atom is 0.270 e. The average Bonchev–Trinajstić information content (AvgIpc) is 3.21. The van der Waals surface area contributed by atoms with Crippen LogP contribution in [0.25, 0.3) is 10.9 Å². The summed E-state index contributed by atoms with van der Waals surface area (Å²) in [5.74, 6) is -0.660. The molecule has 2 aromatic rings. The summed E-state index contributed by atoms with van der Waals surface area (Å²) in [6.45, 7) is 6.66. The highest BCUT2D eigenvalue weighted by atomic mass is 19.1. The number of anilines is 1. The van der Waals surface area contributed by atoms with Gasteiger partial charge in [-0.2, -0.15) is 0 Å². The predicted molar refractivity (Wildman–Crippen MR) is 103 cm³/mol. The molecule has 1 saturated heterocycles. The van der Waals surface area contributed by atoms with Gasteiger partial charge in [0.25, 0.3) is 5.91 Å². The number of aromatic nitrogens is 1. The molecule has 146 valence electrons. The zero-order chi connectivity index (χ0) is 19.4. The Morgan fingerprint density at radius 3 is 2.81 bits per heavy atom. The summed E-state index contributed by atoms with van der Waals surface area (Å²) in [6, 6.07) is 4.46. The van der Waals surface area contributed by atoms with Gasteiger partial charge in [0.1, 0.15) is 11.5 Å². The largest absolute Gasteiger partial charge is 0.382 e. The molecule has 2 heterocycles. The van der Waals surface area contributed by atoms with Crippen LogP contribution in [0, 0.1) is 5.82 Å². The van der Waals surface area contributed by atoms with E-state index in [1.165, 1.54) is 12.1 Å². The van der Waals surface area contributed by atoms with E-state index >= 15 is 0 Å². The van der Waals surface area contributed by atoms with Crippen molar-refractivity contribution < 1.29 is 18.7 Å². The summed E-state index contributed by atoms with van der Waals surface area (Å²) in [5, 5.41) is 3.52. The molecule has 0 atom stereocenters. The van der Waals surface area contributed by atoms with Crippen molar-refractivity contribution in [3.8, 4) is 0 Å². The minimum atomic E-state index is -0.382. The van der Waals surface area contributed by atoms with E-state index in [1.807, 2.05) is 18.4 Å². The van der Waals surface area contributed by atoms with Gasteiger partial charge in [0.15, 0.2) is 0 Å². The quantitative estimate of drug-likeness (QED) is 0.721. The summed E-state index contributed by atoms with van der Waals surface area (Å²) in [7, 11) is 0. The highest BCUT2D eigenvalue weighted by Gasteiger charge is 2.31. The molecule has 1 fully saturated rings. The number of nitrogens with zero attached hydrogens (tertiary/aromatic N) is 2. The highest BCUT2D eigenvalue weighted by Crippen LogP contribution is 2.37. The SMILES string of the molecule is CCOCCCNC(=O)c1c(N2CCCC2=O)c2cc(F)ccc2n1CC. The fraction of sp³-hybridized carbons (Fsp3) is 0.500. The number of hydrogen-bond donors (Lipinski definition) is 1. The van der Waals surface area contributed by atoms with E-state index in [0.29, 0.717) is 62.5 Å². The van der Waals surface area contributed by atoms with Gasteiger partial charge in [0.05, 0.1) is 11.2 Å². The van der Waals surface area contributed by atoms with Crippen LogP contribution < -0.4 is 10.2 Å².